The topological polar surface area (TPSA) is 20.2 Å². The summed E-state index contributed by atoms with van der Waals surface area (Å²) in [6, 6.07) is 5.95. The van der Waals surface area contributed by atoms with Crippen LogP contribution in [0.25, 0.3) is 0 Å². The largest absolute Gasteiger partial charge is 0.396 e. The highest BCUT2D eigenvalue weighted by molar-refractivity contribution is 9.09. The molecule has 0 aliphatic rings. The molecule has 0 aliphatic heterocycles. The maximum absolute atomic E-state index is 8.78. The molecule has 0 bridgehead atoms. The van der Waals surface area contributed by atoms with E-state index in [1.807, 2.05) is 12.1 Å². The molecule has 1 N–H and O–H groups in total. The Morgan fingerprint density at radius 2 is 1.77 bits per heavy atom. The van der Waals surface area contributed by atoms with Crippen molar-refractivity contribution >= 4 is 27.5 Å². The number of benzene rings is 1. The van der Waals surface area contributed by atoms with Gasteiger partial charge in [-0.15, -0.1) is 0 Å². The predicted molar refractivity (Wildman–Crippen MR) is 59.7 cm³/mol. The lowest BCUT2D eigenvalue weighted by Crippen LogP contribution is -1.93. The SMILES string of the molecule is OCCc1cc(Cl)cc(CCBr)c1. The van der Waals surface area contributed by atoms with Crippen LogP contribution in [0.5, 0.6) is 0 Å². The summed E-state index contributed by atoms with van der Waals surface area (Å²) in [4.78, 5) is 0. The molecule has 1 nitrogen and oxygen atoms in total. The number of alkyl halides is 1. The number of aliphatic hydroxyl groups is 1. The molecule has 0 unspecified atom stereocenters. The Balaban J connectivity index is 2.83. The molecule has 0 fully saturated rings. The van der Waals surface area contributed by atoms with Gasteiger partial charge in [-0.2, -0.15) is 0 Å². The molecule has 0 saturated heterocycles. The van der Waals surface area contributed by atoms with Crippen molar-refractivity contribution in [3.63, 3.8) is 0 Å². The lowest BCUT2D eigenvalue weighted by atomic mass is 10.1. The van der Waals surface area contributed by atoms with Crippen molar-refractivity contribution in [1.82, 2.24) is 0 Å². The molecule has 0 spiro atoms. The molecule has 1 rings (SSSR count). The van der Waals surface area contributed by atoms with Gasteiger partial charge in [0, 0.05) is 17.0 Å². The average molecular weight is 264 g/mol. The third-order valence-electron chi connectivity index (χ3n) is 1.80. The highest BCUT2D eigenvalue weighted by atomic mass is 79.9. The lowest BCUT2D eigenvalue weighted by molar-refractivity contribution is 0.299. The average Bonchev–Trinajstić information content (AvgIpc) is 2.04. The van der Waals surface area contributed by atoms with Crippen LogP contribution < -0.4 is 0 Å². The minimum absolute atomic E-state index is 0.175. The number of rotatable bonds is 4. The van der Waals surface area contributed by atoms with Crippen molar-refractivity contribution < 1.29 is 5.11 Å². The Labute approximate surface area is 91.9 Å². The quantitative estimate of drug-likeness (QED) is 0.828. The van der Waals surface area contributed by atoms with E-state index >= 15 is 0 Å². The van der Waals surface area contributed by atoms with E-state index in [4.69, 9.17) is 16.7 Å². The van der Waals surface area contributed by atoms with Gasteiger partial charge in [0.05, 0.1) is 0 Å². The molecular weight excluding hydrogens is 251 g/mol. The molecule has 0 aliphatic carbocycles. The van der Waals surface area contributed by atoms with E-state index in [9.17, 15) is 0 Å². The van der Waals surface area contributed by atoms with Crippen LogP contribution in [0, 0.1) is 0 Å². The molecule has 0 atom stereocenters. The number of aryl methyl sites for hydroxylation is 1. The minimum atomic E-state index is 0.175. The van der Waals surface area contributed by atoms with E-state index in [1.165, 1.54) is 5.56 Å². The van der Waals surface area contributed by atoms with Crippen LogP contribution in [0.1, 0.15) is 11.1 Å². The van der Waals surface area contributed by atoms with E-state index in [0.717, 1.165) is 22.3 Å². The smallest absolute Gasteiger partial charge is 0.0471 e. The molecule has 0 radical (unpaired) electrons. The first-order valence-corrected chi connectivity index (χ1v) is 5.71. The van der Waals surface area contributed by atoms with Crippen molar-refractivity contribution in [2.24, 2.45) is 0 Å². The van der Waals surface area contributed by atoms with Gasteiger partial charge in [-0.25, -0.2) is 0 Å². The molecule has 13 heavy (non-hydrogen) atoms. The highest BCUT2D eigenvalue weighted by Gasteiger charge is 1.98. The Morgan fingerprint density at radius 1 is 1.15 bits per heavy atom. The maximum Gasteiger partial charge on any atom is 0.0471 e. The van der Waals surface area contributed by atoms with Gasteiger partial charge in [0.2, 0.25) is 0 Å². The van der Waals surface area contributed by atoms with E-state index in [0.29, 0.717) is 6.42 Å². The summed E-state index contributed by atoms with van der Waals surface area (Å²) in [7, 11) is 0. The van der Waals surface area contributed by atoms with Crippen molar-refractivity contribution in [3.05, 3.63) is 34.3 Å². The Hall–Kier alpha value is -0.0500. The van der Waals surface area contributed by atoms with E-state index < -0.39 is 0 Å². The molecule has 0 aromatic heterocycles. The number of aliphatic hydroxyl groups excluding tert-OH is 1. The normalized spacial score (nSPS) is 10.4. The molecule has 1 aromatic rings. The van der Waals surface area contributed by atoms with Crippen molar-refractivity contribution in [2.45, 2.75) is 12.8 Å². The fraction of sp³-hybridized carbons (Fsp3) is 0.400. The summed E-state index contributed by atoms with van der Waals surface area (Å²) in [6.45, 7) is 0.175. The third kappa shape index (κ3) is 3.67. The fourth-order valence-corrected chi connectivity index (χ4v) is 1.98. The van der Waals surface area contributed by atoms with Crippen molar-refractivity contribution in [1.29, 1.82) is 0 Å². The van der Waals surface area contributed by atoms with Crippen LogP contribution in [0.15, 0.2) is 18.2 Å². The van der Waals surface area contributed by atoms with Gasteiger partial charge in [-0.05, 0) is 36.1 Å². The third-order valence-corrected chi connectivity index (χ3v) is 2.42. The summed E-state index contributed by atoms with van der Waals surface area (Å²) in [6.07, 6.45) is 1.65. The highest BCUT2D eigenvalue weighted by Crippen LogP contribution is 2.16. The number of hydrogen-bond donors (Lipinski definition) is 1. The summed E-state index contributed by atoms with van der Waals surface area (Å²) >= 11 is 9.31. The monoisotopic (exact) mass is 262 g/mol. The molecule has 0 saturated carbocycles. The molecule has 3 heteroatoms. The minimum Gasteiger partial charge on any atom is -0.396 e. The Kier molecular flexibility index (Phi) is 4.78. The van der Waals surface area contributed by atoms with E-state index in [2.05, 4.69) is 22.0 Å². The van der Waals surface area contributed by atoms with Gasteiger partial charge in [-0.1, -0.05) is 33.6 Å². The van der Waals surface area contributed by atoms with Crippen molar-refractivity contribution in [2.75, 3.05) is 11.9 Å². The standard InChI is InChI=1S/C10H12BrClO/c11-3-1-8-5-9(2-4-13)7-10(12)6-8/h5-7,13H,1-4H2. The van der Waals surface area contributed by atoms with E-state index in [1.54, 1.807) is 0 Å². The zero-order chi connectivity index (χ0) is 9.68. The molecule has 0 amide bonds. The fourth-order valence-electron chi connectivity index (χ4n) is 1.24. The zero-order valence-electron chi connectivity index (χ0n) is 7.26. The molecule has 0 heterocycles. The van der Waals surface area contributed by atoms with Crippen LogP contribution in [-0.4, -0.2) is 17.0 Å². The van der Waals surface area contributed by atoms with Gasteiger partial charge in [0.25, 0.3) is 0 Å². The predicted octanol–water partition coefficient (Wildman–Crippen LogP) is 2.81. The van der Waals surface area contributed by atoms with Crippen LogP contribution in [0.2, 0.25) is 5.02 Å². The van der Waals surface area contributed by atoms with Gasteiger partial charge in [0.15, 0.2) is 0 Å². The lowest BCUT2D eigenvalue weighted by Gasteiger charge is -2.03. The number of halogens is 2. The second-order valence-electron chi connectivity index (χ2n) is 2.88. The summed E-state index contributed by atoms with van der Waals surface area (Å²) < 4.78 is 0. The first kappa shape index (κ1) is 11.0. The maximum atomic E-state index is 8.78. The first-order chi connectivity index (χ1) is 6.26. The van der Waals surface area contributed by atoms with Gasteiger partial charge < -0.3 is 5.11 Å². The summed E-state index contributed by atoms with van der Waals surface area (Å²) in [5.74, 6) is 0. The van der Waals surface area contributed by atoms with Gasteiger partial charge in [0.1, 0.15) is 0 Å². The van der Waals surface area contributed by atoms with Crippen LogP contribution in [0.4, 0.5) is 0 Å². The molecular formula is C10H12BrClO. The molecule has 1 aromatic carbocycles. The Bertz CT molecular complexity index is 251. The van der Waals surface area contributed by atoms with Crippen molar-refractivity contribution in [3.8, 4) is 0 Å². The first-order valence-electron chi connectivity index (χ1n) is 4.21. The second-order valence-corrected chi connectivity index (χ2v) is 4.11. The van der Waals surface area contributed by atoms with Gasteiger partial charge in [-0.3, -0.25) is 0 Å². The van der Waals surface area contributed by atoms with Crippen LogP contribution >= 0.6 is 27.5 Å². The van der Waals surface area contributed by atoms with Gasteiger partial charge >= 0.3 is 0 Å². The second kappa shape index (κ2) is 5.63. The Morgan fingerprint density at radius 3 is 2.31 bits per heavy atom. The van der Waals surface area contributed by atoms with Crippen LogP contribution in [0.3, 0.4) is 0 Å². The molecule has 72 valence electrons. The van der Waals surface area contributed by atoms with E-state index in [-0.39, 0.29) is 6.61 Å². The summed E-state index contributed by atoms with van der Waals surface area (Å²) in [5.41, 5.74) is 2.32. The zero-order valence-corrected chi connectivity index (χ0v) is 9.61. The summed E-state index contributed by atoms with van der Waals surface area (Å²) in [5, 5.41) is 10.5. The van der Waals surface area contributed by atoms with Crippen LogP contribution in [-0.2, 0) is 12.8 Å². The number of hydrogen-bond acceptors (Lipinski definition) is 1.